The van der Waals surface area contributed by atoms with Crippen molar-refractivity contribution in [1.82, 2.24) is 10.2 Å². The zero-order chi connectivity index (χ0) is 29.5. The summed E-state index contributed by atoms with van der Waals surface area (Å²) in [4.78, 5) is 28.2. The first-order chi connectivity index (χ1) is 18.8. The topological polar surface area (TPSA) is 86.8 Å². The quantitative estimate of drug-likeness (QED) is 0.335. The fourth-order valence-electron chi connectivity index (χ4n) is 4.91. The monoisotopic (exact) mass is 601 g/mol. The lowest BCUT2D eigenvalue weighted by atomic mass is 10.1. The molecule has 220 valence electrons. The first-order valence-corrected chi connectivity index (χ1v) is 15.5. The van der Waals surface area contributed by atoms with E-state index in [9.17, 15) is 31.2 Å². The molecule has 2 aromatic rings. The molecule has 1 aliphatic rings. The lowest BCUT2D eigenvalue weighted by molar-refractivity contribution is -0.141. The van der Waals surface area contributed by atoms with E-state index in [2.05, 4.69) is 5.32 Å². The Labute approximate surface area is 238 Å². The standard InChI is InChI=1S/C28H35ClF3N3O4S/c1-3-25(27(37)33-23-9-4-5-10-23)34(19-20-13-15-22(29)16-14-20)26(36)12-7-17-35(40(2,38)39)24-11-6-8-21(18-24)28(30,31)32/h6,8,11,13-16,18,23,25H,3-5,7,9-10,12,17,19H2,1-2H3,(H,33,37)/t25-/m0/s1. The molecule has 7 nitrogen and oxygen atoms in total. The average Bonchev–Trinajstić information content (AvgIpc) is 3.39. The highest BCUT2D eigenvalue weighted by atomic mass is 35.5. The molecule has 1 fully saturated rings. The number of carbonyl (C=O) groups excluding carboxylic acids is 2. The van der Waals surface area contributed by atoms with Gasteiger partial charge in [-0.3, -0.25) is 13.9 Å². The van der Waals surface area contributed by atoms with Gasteiger partial charge in [-0.05, 0) is 61.6 Å². The van der Waals surface area contributed by atoms with E-state index in [0.717, 1.165) is 60.0 Å². The van der Waals surface area contributed by atoms with Crippen LogP contribution in [0.4, 0.5) is 18.9 Å². The molecule has 1 N–H and O–H groups in total. The number of nitrogens with one attached hydrogen (secondary N) is 1. The minimum absolute atomic E-state index is 0.0416. The number of hydrogen-bond acceptors (Lipinski definition) is 4. The molecule has 2 aromatic carbocycles. The normalized spacial score (nSPS) is 15.1. The smallest absolute Gasteiger partial charge is 0.352 e. The molecule has 0 aliphatic heterocycles. The van der Waals surface area contributed by atoms with Gasteiger partial charge in [-0.25, -0.2) is 8.42 Å². The number of benzene rings is 2. The second-order valence-corrected chi connectivity index (χ2v) is 12.4. The Hall–Kier alpha value is -2.79. The molecule has 40 heavy (non-hydrogen) atoms. The van der Waals surface area contributed by atoms with E-state index in [1.807, 2.05) is 6.92 Å². The minimum Gasteiger partial charge on any atom is -0.352 e. The summed E-state index contributed by atoms with van der Waals surface area (Å²) in [6.45, 7) is 1.77. The van der Waals surface area contributed by atoms with Crippen LogP contribution >= 0.6 is 11.6 Å². The van der Waals surface area contributed by atoms with E-state index in [1.165, 1.54) is 11.0 Å². The molecular formula is C28H35ClF3N3O4S. The van der Waals surface area contributed by atoms with Crippen LogP contribution in [-0.2, 0) is 32.3 Å². The Bertz CT molecular complexity index is 1270. The second kappa shape index (κ2) is 13.7. The van der Waals surface area contributed by atoms with Crippen LogP contribution in [0, 0.1) is 0 Å². The van der Waals surface area contributed by atoms with Gasteiger partial charge in [0.05, 0.1) is 17.5 Å². The van der Waals surface area contributed by atoms with Crippen LogP contribution in [0.5, 0.6) is 0 Å². The van der Waals surface area contributed by atoms with Crippen LogP contribution in [0.15, 0.2) is 48.5 Å². The molecule has 0 radical (unpaired) electrons. The predicted octanol–water partition coefficient (Wildman–Crippen LogP) is 5.77. The van der Waals surface area contributed by atoms with E-state index in [4.69, 9.17) is 11.6 Å². The number of amides is 2. The van der Waals surface area contributed by atoms with Gasteiger partial charge >= 0.3 is 6.18 Å². The van der Waals surface area contributed by atoms with Crippen molar-refractivity contribution in [3.63, 3.8) is 0 Å². The maximum atomic E-state index is 13.5. The highest BCUT2D eigenvalue weighted by Crippen LogP contribution is 2.32. The summed E-state index contributed by atoms with van der Waals surface area (Å²) in [7, 11) is -3.93. The van der Waals surface area contributed by atoms with Gasteiger partial charge in [-0.15, -0.1) is 0 Å². The Kier molecular flexibility index (Phi) is 10.9. The Morgan fingerprint density at radius 1 is 1.10 bits per heavy atom. The molecule has 0 heterocycles. The molecule has 0 saturated heterocycles. The first-order valence-electron chi connectivity index (χ1n) is 13.3. The van der Waals surface area contributed by atoms with E-state index in [1.54, 1.807) is 24.3 Å². The summed E-state index contributed by atoms with van der Waals surface area (Å²) in [5.41, 5.74) is -0.334. The first kappa shape index (κ1) is 31.7. The van der Waals surface area contributed by atoms with Crippen molar-refractivity contribution in [1.29, 1.82) is 0 Å². The van der Waals surface area contributed by atoms with Crippen LogP contribution in [-0.4, -0.2) is 50.0 Å². The molecule has 0 unspecified atom stereocenters. The van der Waals surface area contributed by atoms with Gasteiger partial charge < -0.3 is 10.2 Å². The lowest BCUT2D eigenvalue weighted by Crippen LogP contribution is -2.51. The Morgan fingerprint density at radius 3 is 2.33 bits per heavy atom. The van der Waals surface area contributed by atoms with E-state index in [-0.39, 0.29) is 49.5 Å². The summed E-state index contributed by atoms with van der Waals surface area (Å²) in [5.74, 6) is -0.598. The summed E-state index contributed by atoms with van der Waals surface area (Å²) in [5, 5.41) is 3.59. The molecule has 2 amide bonds. The van der Waals surface area contributed by atoms with Gasteiger partial charge in [0.15, 0.2) is 0 Å². The Balaban J connectivity index is 1.77. The molecule has 12 heteroatoms. The maximum absolute atomic E-state index is 13.5. The van der Waals surface area contributed by atoms with Crippen molar-refractivity contribution in [2.24, 2.45) is 0 Å². The number of carbonyl (C=O) groups is 2. The fraction of sp³-hybridized carbons (Fsp3) is 0.500. The lowest BCUT2D eigenvalue weighted by Gasteiger charge is -2.32. The summed E-state index contributed by atoms with van der Waals surface area (Å²) in [6.07, 6.45) is 0.446. The average molecular weight is 602 g/mol. The largest absolute Gasteiger partial charge is 0.416 e. The third-order valence-electron chi connectivity index (χ3n) is 6.97. The Morgan fingerprint density at radius 2 is 1.75 bits per heavy atom. The van der Waals surface area contributed by atoms with E-state index >= 15 is 0 Å². The van der Waals surface area contributed by atoms with Crippen molar-refractivity contribution < 1.29 is 31.2 Å². The molecule has 0 spiro atoms. The number of nitrogens with zero attached hydrogens (tertiary/aromatic N) is 2. The van der Waals surface area contributed by atoms with Gasteiger partial charge in [0.25, 0.3) is 0 Å². The number of alkyl halides is 3. The molecule has 1 atom stereocenters. The highest BCUT2D eigenvalue weighted by Gasteiger charge is 2.33. The number of anilines is 1. The van der Waals surface area contributed by atoms with Gasteiger partial charge in [-0.1, -0.05) is 49.6 Å². The summed E-state index contributed by atoms with van der Waals surface area (Å²) < 4.78 is 65.5. The van der Waals surface area contributed by atoms with E-state index in [0.29, 0.717) is 11.4 Å². The molecule has 3 rings (SSSR count). The van der Waals surface area contributed by atoms with Crippen LogP contribution in [0.25, 0.3) is 0 Å². The van der Waals surface area contributed by atoms with Gasteiger partial charge in [-0.2, -0.15) is 13.2 Å². The number of sulfonamides is 1. The van der Waals surface area contributed by atoms with Crippen LogP contribution in [0.3, 0.4) is 0 Å². The van der Waals surface area contributed by atoms with Gasteiger partial charge in [0.2, 0.25) is 21.8 Å². The van der Waals surface area contributed by atoms with E-state index < -0.39 is 27.8 Å². The molecular weight excluding hydrogens is 567 g/mol. The van der Waals surface area contributed by atoms with Crippen molar-refractivity contribution in [2.75, 3.05) is 17.1 Å². The zero-order valence-corrected chi connectivity index (χ0v) is 24.2. The molecule has 0 bridgehead atoms. The number of hydrogen-bond donors (Lipinski definition) is 1. The predicted molar refractivity (Wildman–Crippen MR) is 149 cm³/mol. The molecule has 0 aromatic heterocycles. The maximum Gasteiger partial charge on any atom is 0.416 e. The van der Waals surface area contributed by atoms with Crippen molar-refractivity contribution in [3.05, 3.63) is 64.7 Å². The molecule has 1 aliphatic carbocycles. The van der Waals surface area contributed by atoms with Crippen LogP contribution < -0.4 is 9.62 Å². The fourth-order valence-corrected chi connectivity index (χ4v) is 6.00. The minimum atomic E-state index is -4.63. The van der Waals surface area contributed by atoms with Crippen molar-refractivity contribution in [3.8, 4) is 0 Å². The van der Waals surface area contributed by atoms with Crippen LogP contribution in [0.1, 0.15) is 63.0 Å². The third kappa shape index (κ3) is 8.86. The summed E-state index contributed by atoms with van der Waals surface area (Å²) in [6, 6.07) is 10.3. The summed E-state index contributed by atoms with van der Waals surface area (Å²) >= 11 is 6.01. The van der Waals surface area contributed by atoms with Gasteiger partial charge in [0, 0.05) is 30.6 Å². The third-order valence-corrected chi connectivity index (χ3v) is 8.41. The van der Waals surface area contributed by atoms with Crippen molar-refractivity contribution in [2.45, 2.75) is 76.7 Å². The highest BCUT2D eigenvalue weighted by molar-refractivity contribution is 7.92. The SMILES string of the molecule is CC[C@@H](C(=O)NC1CCCC1)N(Cc1ccc(Cl)cc1)C(=O)CCCN(c1cccc(C(F)(F)F)c1)S(C)(=O)=O. The zero-order valence-electron chi connectivity index (χ0n) is 22.6. The van der Waals surface area contributed by atoms with Gasteiger partial charge in [0.1, 0.15) is 6.04 Å². The molecule has 1 saturated carbocycles. The van der Waals surface area contributed by atoms with Crippen molar-refractivity contribution >= 4 is 39.1 Å². The number of halogens is 4. The second-order valence-electron chi connectivity index (χ2n) is 10.0. The van der Waals surface area contributed by atoms with Crippen LogP contribution in [0.2, 0.25) is 5.02 Å². The number of rotatable bonds is 12.